The molecule has 2 aliphatic heterocycles. The number of hydrogen-bond donors (Lipinski definition) is 0. The molecule has 0 amide bonds. The number of rotatable bonds is 4. The highest BCUT2D eigenvalue weighted by Crippen LogP contribution is 2.28. The third-order valence-electron chi connectivity index (χ3n) is 3.72. The van der Waals surface area contributed by atoms with E-state index in [1.54, 1.807) is 13.2 Å². The van der Waals surface area contributed by atoms with Crippen molar-refractivity contribution in [1.29, 1.82) is 0 Å². The molecule has 5 nitrogen and oxygen atoms in total. The summed E-state index contributed by atoms with van der Waals surface area (Å²) in [4.78, 5) is 11.8. The van der Waals surface area contributed by atoms with Gasteiger partial charge in [-0.25, -0.2) is 4.79 Å². The fourth-order valence-corrected chi connectivity index (χ4v) is 2.60. The van der Waals surface area contributed by atoms with E-state index in [-0.39, 0.29) is 24.3 Å². The number of esters is 1. The van der Waals surface area contributed by atoms with Crippen LogP contribution in [0.4, 0.5) is 0 Å². The summed E-state index contributed by atoms with van der Waals surface area (Å²) in [5.41, 5.74) is 0.908. The summed E-state index contributed by atoms with van der Waals surface area (Å²) >= 11 is 0. The SMILES string of the molecule is COc1ccc(/C=C/C(=O)OC2COC3CCOC32)cc1. The van der Waals surface area contributed by atoms with Crippen molar-refractivity contribution in [2.75, 3.05) is 20.3 Å². The van der Waals surface area contributed by atoms with E-state index in [0.29, 0.717) is 13.2 Å². The van der Waals surface area contributed by atoms with Crippen LogP contribution in [0.3, 0.4) is 0 Å². The van der Waals surface area contributed by atoms with Crippen molar-refractivity contribution in [1.82, 2.24) is 0 Å². The van der Waals surface area contributed by atoms with Crippen molar-refractivity contribution in [3.63, 3.8) is 0 Å². The summed E-state index contributed by atoms with van der Waals surface area (Å²) in [6.45, 7) is 1.09. The Balaban J connectivity index is 1.54. The molecule has 3 atom stereocenters. The van der Waals surface area contributed by atoms with Crippen molar-refractivity contribution < 1.29 is 23.7 Å². The van der Waals surface area contributed by atoms with Crippen LogP contribution in [0, 0.1) is 0 Å². The lowest BCUT2D eigenvalue weighted by atomic mass is 10.1. The first-order chi connectivity index (χ1) is 10.3. The largest absolute Gasteiger partial charge is 0.497 e. The number of fused-ring (bicyclic) bond motifs is 1. The third kappa shape index (κ3) is 3.25. The molecule has 1 aromatic carbocycles. The number of carbonyl (C=O) groups excluding carboxylic acids is 1. The zero-order valence-corrected chi connectivity index (χ0v) is 11.9. The monoisotopic (exact) mass is 290 g/mol. The smallest absolute Gasteiger partial charge is 0.331 e. The van der Waals surface area contributed by atoms with Crippen LogP contribution in [0.1, 0.15) is 12.0 Å². The van der Waals surface area contributed by atoms with Crippen LogP contribution in [0.5, 0.6) is 5.75 Å². The van der Waals surface area contributed by atoms with Gasteiger partial charge in [0.2, 0.25) is 0 Å². The van der Waals surface area contributed by atoms with Gasteiger partial charge in [-0.2, -0.15) is 0 Å². The van der Waals surface area contributed by atoms with E-state index in [1.807, 2.05) is 24.3 Å². The third-order valence-corrected chi connectivity index (χ3v) is 3.72. The van der Waals surface area contributed by atoms with E-state index >= 15 is 0 Å². The Morgan fingerprint density at radius 3 is 2.86 bits per heavy atom. The molecule has 1 aromatic rings. The van der Waals surface area contributed by atoms with Crippen LogP contribution in [0.2, 0.25) is 0 Å². The molecule has 2 heterocycles. The van der Waals surface area contributed by atoms with Crippen LogP contribution < -0.4 is 4.74 Å². The highest BCUT2D eigenvalue weighted by molar-refractivity contribution is 5.87. The maximum Gasteiger partial charge on any atom is 0.331 e. The normalized spacial score (nSPS) is 27.8. The summed E-state index contributed by atoms with van der Waals surface area (Å²) in [6.07, 6.45) is 3.68. The fourth-order valence-electron chi connectivity index (χ4n) is 2.60. The number of methoxy groups -OCH3 is 1. The van der Waals surface area contributed by atoms with Gasteiger partial charge in [0.05, 0.1) is 19.8 Å². The highest BCUT2D eigenvalue weighted by atomic mass is 16.6. The highest BCUT2D eigenvalue weighted by Gasteiger charge is 2.43. The zero-order valence-electron chi connectivity index (χ0n) is 11.9. The zero-order chi connectivity index (χ0) is 14.7. The topological polar surface area (TPSA) is 54.0 Å². The second-order valence-electron chi connectivity index (χ2n) is 5.08. The predicted molar refractivity (Wildman–Crippen MR) is 76.0 cm³/mol. The molecule has 0 saturated carbocycles. The molecule has 0 N–H and O–H groups in total. The predicted octanol–water partition coefficient (Wildman–Crippen LogP) is 1.81. The second-order valence-corrected chi connectivity index (χ2v) is 5.08. The average Bonchev–Trinajstić information content (AvgIpc) is 3.11. The van der Waals surface area contributed by atoms with Gasteiger partial charge in [0, 0.05) is 12.7 Å². The minimum absolute atomic E-state index is 0.0772. The van der Waals surface area contributed by atoms with Gasteiger partial charge >= 0.3 is 5.97 Å². The first-order valence-corrected chi connectivity index (χ1v) is 7.02. The molecule has 112 valence electrons. The quantitative estimate of drug-likeness (QED) is 0.625. The molecule has 2 fully saturated rings. The lowest BCUT2D eigenvalue weighted by Gasteiger charge is -2.15. The van der Waals surface area contributed by atoms with Gasteiger partial charge in [0.15, 0.2) is 6.10 Å². The number of hydrogen-bond acceptors (Lipinski definition) is 5. The Morgan fingerprint density at radius 1 is 1.29 bits per heavy atom. The van der Waals surface area contributed by atoms with Gasteiger partial charge in [0.25, 0.3) is 0 Å². The Kier molecular flexibility index (Phi) is 4.22. The van der Waals surface area contributed by atoms with Crippen molar-refractivity contribution in [3.8, 4) is 5.75 Å². The molecule has 2 aliphatic rings. The van der Waals surface area contributed by atoms with Gasteiger partial charge in [0.1, 0.15) is 11.9 Å². The molecule has 0 spiro atoms. The van der Waals surface area contributed by atoms with E-state index in [1.165, 1.54) is 6.08 Å². The summed E-state index contributed by atoms with van der Waals surface area (Å²) < 4.78 is 21.5. The summed E-state index contributed by atoms with van der Waals surface area (Å²) in [5, 5.41) is 0. The van der Waals surface area contributed by atoms with Gasteiger partial charge < -0.3 is 18.9 Å². The van der Waals surface area contributed by atoms with Crippen molar-refractivity contribution >= 4 is 12.0 Å². The molecule has 5 heteroatoms. The number of ether oxygens (including phenoxy) is 4. The second kappa shape index (κ2) is 6.28. The Labute approximate surface area is 123 Å². The summed E-state index contributed by atoms with van der Waals surface area (Å²) in [7, 11) is 1.62. The maximum atomic E-state index is 11.8. The maximum absolute atomic E-state index is 11.8. The molecule has 2 saturated heterocycles. The Morgan fingerprint density at radius 2 is 2.10 bits per heavy atom. The van der Waals surface area contributed by atoms with Gasteiger partial charge in [-0.3, -0.25) is 0 Å². The van der Waals surface area contributed by atoms with E-state index < -0.39 is 0 Å². The minimum atomic E-state index is -0.379. The van der Waals surface area contributed by atoms with E-state index in [2.05, 4.69) is 0 Å². The van der Waals surface area contributed by atoms with Crippen LogP contribution in [0.15, 0.2) is 30.3 Å². The molecule has 21 heavy (non-hydrogen) atoms. The van der Waals surface area contributed by atoms with Crippen LogP contribution in [-0.2, 0) is 19.0 Å². The van der Waals surface area contributed by atoms with Crippen molar-refractivity contribution in [2.45, 2.75) is 24.7 Å². The molecular weight excluding hydrogens is 272 g/mol. The average molecular weight is 290 g/mol. The van der Waals surface area contributed by atoms with E-state index in [4.69, 9.17) is 18.9 Å². The standard InChI is InChI=1S/C16H18O5/c1-18-12-5-2-11(3-6-12)4-7-15(17)21-14-10-20-13-8-9-19-16(13)14/h2-7,13-14,16H,8-10H2,1H3/b7-4+. The molecule has 3 rings (SSSR count). The van der Waals surface area contributed by atoms with Gasteiger partial charge in [-0.05, 0) is 30.2 Å². The lowest BCUT2D eigenvalue weighted by molar-refractivity contribution is -0.147. The first kappa shape index (κ1) is 14.1. The number of carbonyl (C=O) groups is 1. The van der Waals surface area contributed by atoms with Crippen LogP contribution >= 0.6 is 0 Å². The molecule has 0 bridgehead atoms. The van der Waals surface area contributed by atoms with E-state index in [0.717, 1.165) is 17.7 Å². The lowest BCUT2D eigenvalue weighted by Crippen LogP contribution is -2.31. The molecular formula is C16H18O5. The summed E-state index contributed by atoms with van der Waals surface area (Å²) in [6, 6.07) is 7.42. The Bertz CT molecular complexity index is 522. The molecule has 3 unspecified atom stereocenters. The fraction of sp³-hybridized carbons (Fsp3) is 0.438. The van der Waals surface area contributed by atoms with Gasteiger partial charge in [-0.1, -0.05) is 12.1 Å². The minimum Gasteiger partial charge on any atom is -0.497 e. The van der Waals surface area contributed by atoms with E-state index in [9.17, 15) is 4.79 Å². The van der Waals surface area contributed by atoms with Crippen LogP contribution in [0.25, 0.3) is 6.08 Å². The molecule has 0 aromatic heterocycles. The summed E-state index contributed by atoms with van der Waals surface area (Å²) in [5.74, 6) is 0.401. The van der Waals surface area contributed by atoms with Gasteiger partial charge in [-0.15, -0.1) is 0 Å². The number of benzene rings is 1. The van der Waals surface area contributed by atoms with Crippen molar-refractivity contribution in [3.05, 3.63) is 35.9 Å². The molecule has 0 radical (unpaired) electrons. The Hall–Kier alpha value is -1.85. The molecule has 0 aliphatic carbocycles. The van der Waals surface area contributed by atoms with Crippen molar-refractivity contribution in [2.24, 2.45) is 0 Å². The van der Waals surface area contributed by atoms with Crippen LogP contribution in [-0.4, -0.2) is 44.6 Å². The first-order valence-electron chi connectivity index (χ1n) is 7.02.